The van der Waals surface area contributed by atoms with Gasteiger partial charge in [-0.1, -0.05) is 18.6 Å². The van der Waals surface area contributed by atoms with Gasteiger partial charge in [-0.15, -0.1) is 0 Å². The Hall–Kier alpha value is -2.31. The smallest absolute Gasteiger partial charge is 0.141 e. The minimum Gasteiger partial charge on any atom is -0.381 e. The molecular weight excluding hydrogens is 338 g/mol. The summed E-state index contributed by atoms with van der Waals surface area (Å²) in [4.78, 5) is 16.3. The standard InChI is InChI=1S/C21H25N5O/c1-25-10-9-22-20(25)21(27)15-5-4-6-16(21)13-26(12-15)14-17-11-23-18-7-2-3-8-19(18)24-17/h2-3,7-11,15-16,27H,4-6,12-14H2,1H3/t15-,16+,21?. The molecule has 2 aromatic heterocycles. The number of piperidine rings is 1. The van der Waals surface area contributed by atoms with Crippen molar-refractivity contribution < 1.29 is 5.11 Å². The van der Waals surface area contributed by atoms with Gasteiger partial charge in [-0.2, -0.15) is 0 Å². The van der Waals surface area contributed by atoms with Crippen LogP contribution < -0.4 is 0 Å². The maximum absolute atomic E-state index is 11.7. The van der Waals surface area contributed by atoms with Gasteiger partial charge in [0, 0.05) is 50.9 Å². The van der Waals surface area contributed by atoms with Gasteiger partial charge >= 0.3 is 0 Å². The van der Waals surface area contributed by atoms with Crippen molar-refractivity contribution >= 4 is 11.0 Å². The molecule has 3 aromatic rings. The van der Waals surface area contributed by atoms with E-state index in [1.54, 1.807) is 6.20 Å². The summed E-state index contributed by atoms with van der Waals surface area (Å²) in [5, 5.41) is 11.7. The first kappa shape index (κ1) is 16.8. The lowest BCUT2D eigenvalue weighted by Gasteiger charge is -2.52. The fraction of sp³-hybridized carbons (Fsp3) is 0.476. The summed E-state index contributed by atoms with van der Waals surface area (Å²) in [5.74, 6) is 1.24. The molecule has 0 radical (unpaired) electrons. The minimum atomic E-state index is -0.817. The molecule has 140 valence electrons. The van der Waals surface area contributed by atoms with Gasteiger partial charge < -0.3 is 9.67 Å². The number of rotatable bonds is 3. The molecule has 2 fully saturated rings. The Bertz CT molecular complexity index is 954. The fourth-order valence-electron chi connectivity index (χ4n) is 5.09. The molecule has 1 aliphatic carbocycles. The molecule has 27 heavy (non-hydrogen) atoms. The Balaban J connectivity index is 1.40. The van der Waals surface area contributed by atoms with Crippen molar-refractivity contribution in [3.8, 4) is 0 Å². The first-order valence-corrected chi connectivity index (χ1v) is 9.78. The van der Waals surface area contributed by atoms with Crippen molar-refractivity contribution in [3.63, 3.8) is 0 Å². The first-order valence-electron chi connectivity index (χ1n) is 9.78. The Labute approximate surface area is 158 Å². The van der Waals surface area contributed by atoms with Crippen molar-refractivity contribution in [1.82, 2.24) is 24.4 Å². The monoisotopic (exact) mass is 363 g/mol. The number of aryl methyl sites for hydroxylation is 1. The van der Waals surface area contributed by atoms with E-state index in [1.165, 1.54) is 6.42 Å². The normalized spacial score (nSPS) is 28.5. The zero-order valence-corrected chi connectivity index (χ0v) is 15.6. The van der Waals surface area contributed by atoms with Gasteiger partial charge in [0.2, 0.25) is 0 Å². The third-order valence-corrected chi connectivity index (χ3v) is 6.37. The number of hydrogen-bond donors (Lipinski definition) is 1. The van der Waals surface area contributed by atoms with Crippen LogP contribution >= 0.6 is 0 Å². The average Bonchev–Trinajstić information content (AvgIpc) is 3.09. The van der Waals surface area contributed by atoms with Crippen LogP contribution in [0.3, 0.4) is 0 Å². The minimum absolute atomic E-state index is 0.208. The summed E-state index contributed by atoms with van der Waals surface area (Å²) in [7, 11) is 1.98. The third kappa shape index (κ3) is 2.75. The first-order chi connectivity index (χ1) is 13.1. The highest BCUT2D eigenvalue weighted by atomic mass is 16.3. The summed E-state index contributed by atoms with van der Waals surface area (Å²) >= 11 is 0. The lowest BCUT2D eigenvalue weighted by Crippen LogP contribution is -2.58. The topological polar surface area (TPSA) is 67.1 Å². The number of fused-ring (bicyclic) bond motifs is 3. The van der Waals surface area contributed by atoms with Crippen LogP contribution in [-0.4, -0.2) is 42.6 Å². The van der Waals surface area contributed by atoms with E-state index in [0.29, 0.717) is 0 Å². The van der Waals surface area contributed by atoms with Crippen molar-refractivity contribution in [2.45, 2.75) is 31.4 Å². The van der Waals surface area contributed by atoms with Crippen LogP contribution in [0.2, 0.25) is 0 Å². The molecule has 5 rings (SSSR count). The van der Waals surface area contributed by atoms with Gasteiger partial charge in [0.1, 0.15) is 11.4 Å². The molecule has 6 heteroatoms. The summed E-state index contributed by atoms with van der Waals surface area (Å²) in [5.41, 5.74) is 2.05. The summed E-state index contributed by atoms with van der Waals surface area (Å²) in [6, 6.07) is 7.99. The van der Waals surface area contributed by atoms with E-state index in [4.69, 9.17) is 4.98 Å². The van der Waals surface area contributed by atoms with Crippen molar-refractivity contribution in [3.05, 3.63) is 54.4 Å². The second-order valence-electron chi connectivity index (χ2n) is 8.06. The van der Waals surface area contributed by atoms with Gasteiger partial charge in [0.25, 0.3) is 0 Å². The van der Waals surface area contributed by atoms with Crippen LogP contribution in [0.1, 0.15) is 30.8 Å². The number of benzene rings is 1. The molecule has 1 N–H and O–H groups in total. The molecule has 3 atom stereocenters. The van der Waals surface area contributed by atoms with Crippen LogP contribution in [0.15, 0.2) is 42.9 Å². The van der Waals surface area contributed by atoms with E-state index >= 15 is 0 Å². The lowest BCUT2D eigenvalue weighted by molar-refractivity contribution is -0.155. The number of aliphatic hydroxyl groups is 1. The zero-order chi connectivity index (χ0) is 18.4. The number of hydrogen-bond acceptors (Lipinski definition) is 5. The highest BCUT2D eigenvalue weighted by Gasteiger charge is 2.53. The van der Waals surface area contributed by atoms with Crippen LogP contribution in [0.4, 0.5) is 0 Å². The molecule has 0 spiro atoms. The SMILES string of the molecule is Cn1ccnc1C1(O)[C@@H]2CCC[C@H]1CN(Cc1cnc3ccccc3n1)C2. The second kappa shape index (κ2) is 6.39. The van der Waals surface area contributed by atoms with E-state index in [9.17, 15) is 5.11 Å². The molecule has 3 heterocycles. The molecule has 6 nitrogen and oxygen atoms in total. The quantitative estimate of drug-likeness (QED) is 0.774. The summed E-state index contributed by atoms with van der Waals surface area (Å²) in [6.07, 6.45) is 8.88. The van der Waals surface area contributed by atoms with Gasteiger partial charge in [-0.3, -0.25) is 9.88 Å². The van der Waals surface area contributed by atoms with Crippen molar-refractivity contribution in [1.29, 1.82) is 0 Å². The van der Waals surface area contributed by atoms with E-state index in [1.807, 2.05) is 48.3 Å². The highest BCUT2D eigenvalue weighted by molar-refractivity contribution is 5.73. The van der Waals surface area contributed by atoms with E-state index in [2.05, 4.69) is 14.9 Å². The molecule has 2 aliphatic rings. The zero-order valence-electron chi connectivity index (χ0n) is 15.6. The average molecular weight is 363 g/mol. The summed E-state index contributed by atoms with van der Waals surface area (Å²) < 4.78 is 1.98. The van der Waals surface area contributed by atoms with Crippen LogP contribution in [0.25, 0.3) is 11.0 Å². The maximum Gasteiger partial charge on any atom is 0.141 e. The number of aromatic nitrogens is 4. The Morgan fingerprint density at radius 2 is 1.85 bits per heavy atom. The maximum atomic E-state index is 11.7. The van der Waals surface area contributed by atoms with E-state index < -0.39 is 5.60 Å². The largest absolute Gasteiger partial charge is 0.381 e. The van der Waals surface area contributed by atoms with Gasteiger partial charge in [0.15, 0.2) is 0 Å². The second-order valence-corrected chi connectivity index (χ2v) is 8.06. The Morgan fingerprint density at radius 1 is 1.11 bits per heavy atom. The number of likely N-dealkylation sites (tertiary alicyclic amines) is 1. The van der Waals surface area contributed by atoms with Gasteiger partial charge in [0.05, 0.1) is 22.9 Å². The fourth-order valence-corrected chi connectivity index (χ4v) is 5.09. The van der Waals surface area contributed by atoms with E-state index in [0.717, 1.165) is 55.0 Å². The summed E-state index contributed by atoms with van der Waals surface area (Å²) in [6.45, 7) is 2.52. The number of imidazole rings is 1. The molecule has 1 aliphatic heterocycles. The number of nitrogens with zero attached hydrogens (tertiary/aromatic N) is 5. The van der Waals surface area contributed by atoms with Gasteiger partial charge in [-0.05, 0) is 25.0 Å². The predicted molar refractivity (Wildman–Crippen MR) is 103 cm³/mol. The molecular formula is C21H25N5O. The Morgan fingerprint density at radius 3 is 2.56 bits per heavy atom. The van der Waals surface area contributed by atoms with Crippen LogP contribution in [0, 0.1) is 11.8 Å². The number of para-hydroxylation sites is 2. The predicted octanol–water partition coefficient (Wildman–Crippen LogP) is 2.48. The van der Waals surface area contributed by atoms with Crippen LogP contribution in [-0.2, 0) is 19.2 Å². The molecule has 1 saturated carbocycles. The highest BCUT2D eigenvalue weighted by Crippen LogP contribution is 2.48. The molecule has 1 saturated heterocycles. The molecule has 1 aromatic carbocycles. The molecule has 2 bridgehead atoms. The Kier molecular flexibility index (Phi) is 3.98. The molecule has 0 amide bonds. The molecule has 1 unspecified atom stereocenters. The van der Waals surface area contributed by atoms with Gasteiger partial charge in [-0.25, -0.2) is 9.97 Å². The van der Waals surface area contributed by atoms with Crippen LogP contribution in [0.5, 0.6) is 0 Å². The van der Waals surface area contributed by atoms with Crippen molar-refractivity contribution in [2.24, 2.45) is 18.9 Å². The van der Waals surface area contributed by atoms with E-state index in [-0.39, 0.29) is 11.8 Å². The lowest BCUT2D eigenvalue weighted by atomic mass is 9.65. The third-order valence-electron chi connectivity index (χ3n) is 6.37. The van der Waals surface area contributed by atoms with Crippen molar-refractivity contribution in [2.75, 3.05) is 13.1 Å².